The van der Waals surface area contributed by atoms with E-state index in [0.29, 0.717) is 0 Å². The Bertz CT molecular complexity index is 333. The van der Waals surface area contributed by atoms with Gasteiger partial charge < -0.3 is 10.0 Å². The van der Waals surface area contributed by atoms with Crippen LogP contribution in [0.2, 0.25) is 0 Å². The molecule has 0 bridgehead atoms. The molecule has 1 aromatic rings. The fourth-order valence-corrected chi connectivity index (χ4v) is 2.36. The van der Waals surface area contributed by atoms with Crippen LogP contribution in [0.25, 0.3) is 0 Å². The van der Waals surface area contributed by atoms with Gasteiger partial charge in [0, 0.05) is 32.2 Å². The van der Waals surface area contributed by atoms with Crippen LogP contribution in [0.4, 0.5) is 0 Å². The average Bonchev–Trinajstić information content (AvgIpc) is 2.39. The van der Waals surface area contributed by atoms with E-state index in [1.807, 2.05) is 30.3 Å². The van der Waals surface area contributed by atoms with E-state index < -0.39 is 0 Å². The van der Waals surface area contributed by atoms with Crippen LogP contribution in [0.1, 0.15) is 18.6 Å². The summed E-state index contributed by atoms with van der Waals surface area (Å²) < 4.78 is 0. The average molecular weight is 234 g/mol. The molecule has 0 aromatic heterocycles. The SMILES string of the molecule is C[C@@H]([C@H](O)c1ccccc1)N1CCN(C)CC1. The highest BCUT2D eigenvalue weighted by Crippen LogP contribution is 2.21. The second-order valence-electron chi connectivity index (χ2n) is 4.94. The van der Waals surface area contributed by atoms with Crippen molar-refractivity contribution in [1.29, 1.82) is 0 Å². The topological polar surface area (TPSA) is 26.7 Å². The van der Waals surface area contributed by atoms with Gasteiger partial charge in [-0.2, -0.15) is 0 Å². The molecule has 0 saturated carbocycles. The highest BCUT2D eigenvalue weighted by molar-refractivity contribution is 5.18. The van der Waals surface area contributed by atoms with E-state index in [-0.39, 0.29) is 12.1 Å². The Kier molecular flexibility index (Phi) is 4.15. The molecule has 1 aliphatic rings. The van der Waals surface area contributed by atoms with E-state index in [0.717, 1.165) is 31.7 Å². The van der Waals surface area contributed by atoms with Crippen molar-refractivity contribution in [3.63, 3.8) is 0 Å². The number of hydrogen-bond acceptors (Lipinski definition) is 3. The number of likely N-dealkylation sites (N-methyl/N-ethyl adjacent to an activating group) is 1. The molecule has 2 rings (SSSR count). The molecule has 1 aliphatic heterocycles. The fraction of sp³-hybridized carbons (Fsp3) is 0.571. The summed E-state index contributed by atoms with van der Waals surface area (Å²) in [5.41, 5.74) is 1.01. The quantitative estimate of drug-likeness (QED) is 0.855. The first-order valence-electron chi connectivity index (χ1n) is 6.34. The number of nitrogens with zero attached hydrogens (tertiary/aromatic N) is 2. The van der Waals surface area contributed by atoms with Gasteiger partial charge in [-0.3, -0.25) is 4.90 Å². The van der Waals surface area contributed by atoms with Gasteiger partial charge in [-0.05, 0) is 19.5 Å². The van der Waals surface area contributed by atoms with Crippen LogP contribution in [-0.4, -0.2) is 54.2 Å². The Hall–Kier alpha value is -0.900. The molecule has 1 aromatic carbocycles. The van der Waals surface area contributed by atoms with Gasteiger partial charge in [-0.15, -0.1) is 0 Å². The summed E-state index contributed by atoms with van der Waals surface area (Å²) in [6, 6.07) is 10.1. The first kappa shape index (κ1) is 12.6. The minimum Gasteiger partial charge on any atom is -0.387 e. The number of hydrogen-bond donors (Lipinski definition) is 1. The molecular formula is C14H22N2O. The van der Waals surface area contributed by atoms with Crippen molar-refractivity contribution < 1.29 is 5.11 Å². The zero-order valence-electron chi connectivity index (χ0n) is 10.7. The maximum atomic E-state index is 10.4. The van der Waals surface area contributed by atoms with Gasteiger partial charge >= 0.3 is 0 Å². The second-order valence-corrected chi connectivity index (χ2v) is 4.94. The standard InChI is InChI=1S/C14H22N2O/c1-12(16-10-8-15(2)9-11-16)14(17)13-6-4-3-5-7-13/h3-7,12,14,17H,8-11H2,1-2H3/t12-,14-/m0/s1. The molecular weight excluding hydrogens is 212 g/mol. The number of aliphatic hydroxyl groups excluding tert-OH is 1. The number of aliphatic hydroxyl groups is 1. The molecule has 1 fully saturated rings. The van der Waals surface area contributed by atoms with E-state index in [1.165, 1.54) is 0 Å². The molecule has 1 N–H and O–H groups in total. The highest BCUT2D eigenvalue weighted by atomic mass is 16.3. The third kappa shape index (κ3) is 3.06. The summed E-state index contributed by atoms with van der Waals surface area (Å²) in [5, 5.41) is 10.4. The van der Waals surface area contributed by atoms with Gasteiger partial charge in [0.2, 0.25) is 0 Å². The van der Waals surface area contributed by atoms with Gasteiger partial charge in [0.15, 0.2) is 0 Å². The third-order valence-corrected chi connectivity index (χ3v) is 3.71. The summed E-state index contributed by atoms with van der Waals surface area (Å²) >= 11 is 0. The van der Waals surface area contributed by atoms with E-state index >= 15 is 0 Å². The van der Waals surface area contributed by atoms with Crippen LogP contribution in [0.15, 0.2) is 30.3 Å². The maximum absolute atomic E-state index is 10.4. The second kappa shape index (κ2) is 5.63. The molecule has 1 heterocycles. The monoisotopic (exact) mass is 234 g/mol. The first-order chi connectivity index (χ1) is 8.18. The Labute approximate surface area is 104 Å². The van der Waals surface area contributed by atoms with Crippen LogP contribution >= 0.6 is 0 Å². The number of piperazine rings is 1. The van der Waals surface area contributed by atoms with Gasteiger partial charge in [0.25, 0.3) is 0 Å². The lowest BCUT2D eigenvalue weighted by Crippen LogP contribution is -2.49. The van der Waals surface area contributed by atoms with Crippen LogP contribution in [-0.2, 0) is 0 Å². The molecule has 0 radical (unpaired) electrons. The lowest BCUT2D eigenvalue weighted by Gasteiger charge is -2.38. The van der Waals surface area contributed by atoms with Crippen LogP contribution in [0.3, 0.4) is 0 Å². The molecule has 3 heteroatoms. The van der Waals surface area contributed by atoms with Crippen molar-refractivity contribution in [3.05, 3.63) is 35.9 Å². The lowest BCUT2D eigenvalue weighted by molar-refractivity contribution is 0.0315. The predicted molar refractivity (Wildman–Crippen MR) is 69.9 cm³/mol. The zero-order valence-corrected chi connectivity index (χ0v) is 10.7. The summed E-state index contributed by atoms with van der Waals surface area (Å²) in [7, 11) is 2.15. The van der Waals surface area contributed by atoms with Gasteiger partial charge in [-0.1, -0.05) is 30.3 Å². The summed E-state index contributed by atoms with van der Waals surface area (Å²) in [4.78, 5) is 4.70. The van der Waals surface area contributed by atoms with Crippen LogP contribution in [0.5, 0.6) is 0 Å². The molecule has 3 nitrogen and oxygen atoms in total. The molecule has 17 heavy (non-hydrogen) atoms. The molecule has 2 atom stereocenters. The molecule has 0 amide bonds. The minimum absolute atomic E-state index is 0.186. The zero-order chi connectivity index (χ0) is 12.3. The summed E-state index contributed by atoms with van der Waals surface area (Å²) in [6.07, 6.45) is -0.389. The minimum atomic E-state index is -0.389. The first-order valence-corrected chi connectivity index (χ1v) is 6.34. The normalized spacial score (nSPS) is 22.3. The van der Waals surface area contributed by atoms with Crippen molar-refractivity contribution in [3.8, 4) is 0 Å². The Morgan fingerprint density at radius 1 is 1.06 bits per heavy atom. The van der Waals surface area contributed by atoms with Crippen molar-refractivity contribution in [2.75, 3.05) is 33.2 Å². The van der Waals surface area contributed by atoms with E-state index in [4.69, 9.17) is 0 Å². The molecule has 1 saturated heterocycles. The van der Waals surface area contributed by atoms with Crippen LogP contribution in [0, 0.1) is 0 Å². The predicted octanol–water partition coefficient (Wildman–Crippen LogP) is 1.36. The van der Waals surface area contributed by atoms with Crippen LogP contribution < -0.4 is 0 Å². The van der Waals surface area contributed by atoms with Gasteiger partial charge in [0.05, 0.1) is 6.10 Å². The Balaban J connectivity index is 1.98. The summed E-state index contributed by atoms with van der Waals surface area (Å²) in [6.45, 7) is 6.38. The molecule has 94 valence electrons. The van der Waals surface area contributed by atoms with Crippen molar-refractivity contribution in [1.82, 2.24) is 9.80 Å². The van der Waals surface area contributed by atoms with E-state index in [1.54, 1.807) is 0 Å². The largest absolute Gasteiger partial charge is 0.387 e. The van der Waals surface area contributed by atoms with Gasteiger partial charge in [-0.25, -0.2) is 0 Å². The molecule has 0 aliphatic carbocycles. The molecule has 0 unspecified atom stereocenters. The number of benzene rings is 1. The third-order valence-electron chi connectivity index (χ3n) is 3.71. The van der Waals surface area contributed by atoms with Crippen molar-refractivity contribution in [2.24, 2.45) is 0 Å². The lowest BCUT2D eigenvalue weighted by atomic mass is 10.0. The highest BCUT2D eigenvalue weighted by Gasteiger charge is 2.25. The van der Waals surface area contributed by atoms with Crippen molar-refractivity contribution in [2.45, 2.75) is 19.1 Å². The Morgan fingerprint density at radius 3 is 2.24 bits per heavy atom. The van der Waals surface area contributed by atoms with Crippen molar-refractivity contribution >= 4 is 0 Å². The van der Waals surface area contributed by atoms with E-state index in [2.05, 4.69) is 23.8 Å². The van der Waals surface area contributed by atoms with E-state index in [9.17, 15) is 5.11 Å². The maximum Gasteiger partial charge on any atom is 0.0942 e. The molecule has 0 spiro atoms. The van der Waals surface area contributed by atoms with Gasteiger partial charge in [0.1, 0.15) is 0 Å². The summed E-state index contributed by atoms with van der Waals surface area (Å²) in [5.74, 6) is 0. The Morgan fingerprint density at radius 2 is 1.65 bits per heavy atom. The fourth-order valence-electron chi connectivity index (χ4n) is 2.36. The number of rotatable bonds is 3. The smallest absolute Gasteiger partial charge is 0.0942 e.